The van der Waals surface area contributed by atoms with Crippen molar-refractivity contribution in [2.45, 2.75) is 6.92 Å². The molecule has 1 heterocycles. The summed E-state index contributed by atoms with van der Waals surface area (Å²) in [5, 5.41) is 9.27. The molecule has 0 spiro atoms. The number of benzene rings is 1. The molecule has 0 aliphatic rings. The summed E-state index contributed by atoms with van der Waals surface area (Å²) in [6.45, 7) is 1.82. The van der Waals surface area contributed by atoms with Crippen LogP contribution in [0.1, 0.15) is 16.2 Å². The van der Waals surface area contributed by atoms with Gasteiger partial charge in [-0.25, -0.2) is 0 Å². The lowest BCUT2D eigenvalue weighted by Gasteiger charge is -2.08. The number of nitrogens with two attached hydrogens (primary N) is 1. The minimum Gasteiger partial charge on any atom is -0.497 e. The number of nitrogens with one attached hydrogen (secondary N) is 2. The van der Waals surface area contributed by atoms with Gasteiger partial charge in [0, 0.05) is 11.8 Å². The number of hydrogen-bond donors (Lipinski definition) is 3. The van der Waals surface area contributed by atoms with Crippen LogP contribution in [0.2, 0.25) is 0 Å². The Morgan fingerprint density at radius 3 is 2.83 bits per heavy atom. The molecule has 1 amide bonds. The third kappa shape index (κ3) is 2.42. The number of ether oxygens (including phenoxy) is 1. The molecule has 0 radical (unpaired) electrons. The highest BCUT2D eigenvalue weighted by Gasteiger charge is 2.11. The number of rotatable bonds is 3. The van der Waals surface area contributed by atoms with Crippen LogP contribution in [0.4, 0.5) is 11.4 Å². The van der Waals surface area contributed by atoms with E-state index in [0.717, 1.165) is 5.69 Å². The molecule has 2 rings (SSSR count). The quantitative estimate of drug-likeness (QED) is 0.716. The molecule has 2 aromatic rings. The van der Waals surface area contributed by atoms with Crippen molar-refractivity contribution in [2.24, 2.45) is 0 Å². The molecule has 4 N–H and O–H groups in total. The summed E-state index contributed by atoms with van der Waals surface area (Å²) in [7, 11) is 1.55. The number of amides is 1. The molecule has 6 heteroatoms. The van der Waals surface area contributed by atoms with E-state index in [9.17, 15) is 4.79 Å². The van der Waals surface area contributed by atoms with Crippen molar-refractivity contribution in [1.82, 2.24) is 10.2 Å². The van der Waals surface area contributed by atoms with E-state index < -0.39 is 0 Å². The molecule has 94 valence electrons. The molecule has 0 unspecified atom stereocenters. The Bertz CT molecular complexity index is 577. The molecule has 6 nitrogen and oxygen atoms in total. The van der Waals surface area contributed by atoms with Crippen LogP contribution in [-0.2, 0) is 0 Å². The van der Waals surface area contributed by atoms with Gasteiger partial charge in [0.1, 0.15) is 5.75 Å². The Kier molecular flexibility index (Phi) is 3.18. The number of H-pyrrole nitrogens is 1. The van der Waals surface area contributed by atoms with Crippen LogP contribution < -0.4 is 15.8 Å². The molecule has 0 bridgehead atoms. The summed E-state index contributed by atoms with van der Waals surface area (Å²) in [4.78, 5) is 11.9. The largest absolute Gasteiger partial charge is 0.497 e. The number of methoxy groups -OCH3 is 1. The molecule has 0 aliphatic carbocycles. The van der Waals surface area contributed by atoms with Gasteiger partial charge < -0.3 is 15.8 Å². The van der Waals surface area contributed by atoms with E-state index in [-0.39, 0.29) is 5.91 Å². The Labute approximate surface area is 104 Å². The zero-order chi connectivity index (χ0) is 13.1. The molecule has 0 saturated carbocycles. The Morgan fingerprint density at radius 2 is 2.22 bits per heavy atom. The first-order valence-electron chi connectivity index (χ1n) is 5.37. The summed E-state index contributed by atoms with van der Waals surface area (Å²) < 4.78 is 5.07. The van der Waals surface area contributed by atoms with Crippen LogP contribution in [0.25, 0.3) is 0 Å². The third-order valence-corrected chi connectivity index (χ3v) is 2.45. The van der Waals surface area contributed by atoms with Gasteiger partial charge in [0.25, 0.3) is 5.91 Å². The SMILES string of the molecule is COc1ccc(N)c(NC(=O)c2cc(C)[nH]n2)c1. The Hall–Kier alpha value is -2.50. The zero-order valence-corrected chi connectivity index (χ0v) is 10.2. The van der Waals surface area contributed by atoms with Gasteiger partial charge in [-0.1, -0.05) is 0 Å². The maximum Gasteiger partial charge on any atom is 0.276 e. The summed E-state index contributed by atoms with van der Waals surface area (Å²) in [6.07, 6.45) is 0. The fraction of sp³-hybridized carbons (Fsp3) is 0.167. The second-order valence-corrected chi connectivity index (χ2v) is 3.84. The second kappa shape index (κ2) is 4.79. The maximum atomic E-state index is 11.9. The van der Waals surface area contributed by atoms with E-state index >= 15 is 0 Å². The number of aromatic nitrogens is 2. The molecule has 18 heavy (non-hydrogen) atoms. The van der Waals surface area contributed by atoms with Crippen LogP contribution in [0, 0.1) is 6.92 Å². The van der Waals surface area contributed by atoms with Crippen LogP contribution >= 0.6 is 0 Å². The van der Waals surface area contributed by atoms with E-state index in [0.29, 0.717) is 22.8 Å². The number of aromatic amines is 1. The van der Waals surface area contributed by atoms with Crippen molar-refractivity contribution >= 4 is 17.3 Å². The zero-order valence-electron chi connectivity index (χ0n) is 10.2. The highest BCUT2D eigenvalue weighted by atomic mass is 16.5. The van der Waals surface area contributed by atoms with Gasteiger partial charge in [0.2, 0.25) is 0 Å². The van der Waals surface area contributed by atoms with Crippen molar-refractivity contribution in [2.75, 3.05) is 18.2 Å². The first-order chi connectivity index (χ1) is 8.60. The lowest BCUT2D eigenvalue weighted by Crippen LogP contribution is -2.13. The lowest BCUT2D eigenvalue weighted by molar-refractivity contribution is 0.102. The number of aryl methyl sites for hydroxylation is 1. The number of carbonyl (C=O) groups is 1. The molecule has 0 aliphatic heterocycles. The van der Waals surface area contributed by atoms with Gasteiger partial charge >= 0.3 is 0 Å². The van der Waals surface area contributed by atoms with E-state index in [1.165, 1.54) is 0 Å². The summed E-state index contributed by atoms with van der Waals surface area (Å²) in [6, 6.07) is 6.71. The van der Waals surface area contributed by atoms with Crippen molar-refractivity contribution in [3.8, 4) is 5.75 Å². The summed E-state index contributed by atoms with van der Waals surface area (Å²) in [5.41, 5.74) is 7.88. The fourth-order valence-corrected chi connectivity index (χ4v) is 1.49. The van der Waals surface area contributed by atoms with Crippen molar-refractivity contribution in [1.29, 1.82) is 0 Å². The third-order valence-electron chi connectivity index (χ3n) is 2.45. The fourth-order valence-electron chi connectivity index (χ4n) is 1.49. The standard InChI is InChI=1S/C12H14N4O2/c1-7-5-11(16-15-7)12(17)14-10-6-8(18-2)3-4-9(10)13/h3-6H,13H2,1-2H3,(H,14,17)(H,15,16). The van der Waals surface area contributed by atoms with Crippen molar-refractivity contribution in [3.05, 3.63) is 35.7 Å². The molecule has 1 aromatic heterocycles. The predicted molar refractivity (Wildman–Crippen MR) is 68.7 cm³/mol. The molecule has 0 atom stereocenters. The van der Waals surface area contributed by atoms with Gasteiger partial charge in [-0.2, -0.15) is 5.10 Å². The normalized spacial score (nSPS) is 10.1. The number of hydrogen-bond acceptors (Lipinski definition) is 4. The number of anilines is 2. The minimum atomic E-state index is -0.320. The molecular weight excluding hydrogens is 232 g/mol. The molecule has 0 saturated heterocycles. The smallest absolute Gasteiger partial charge is 0.276 e. The topological polar surface area (TPSA) is 93.0 Å². The second-order valence-electron chi connectivity index (χ2n) is 3.84. The average molecular weight is 246 g/mol. The van der Waals surface area contributed by atoms with Gasteiger partial charge in [-0.3, -0.25) is 9.89 Å². The van der Waals surface area contributed by atoms with Crippen LogP contribution in [0.15, 0.2) is 24.3 Å². The summed E-state index contributed by atoms with van der Waals surface area (Å²) in [5.74, 6) is 0.303. The molecule has 1 aromatic carbocycles. The lowest BCUT2D eigenvalue weighted by atomic mass is 10.2. The number of carbonyl (C=O) groups excluding carboxylic acids is 1. The first kappa shape index (κ1) is 12.0. The van der Waals surface area contributed by atoms with Gasteiger partial charge in [-0.05, 0) is 25.1 Å². The van der Waals surface area contributed by atoms with E-state index in [1.54, 1.807) is 31.4 Å². The van der Waals surface area contributed by atoms with Crippen molar-refractivity contribution < 1.29 is 9.53 Å². The monoisotopic (exact) mass is 246 g/mol. The molecule has 0 fully saturated rings. The Morgan fingerprint density at radius 1 is 1.44 bits per heavy atom. The van der Waals surface area contributed by atoms with Gasteiger partial charge in [0.05, 0.1) is 18.5 Å². The predicted octanol–water partition coefficient (Wildman–Crippen LogP) is 1.56. The van der Waals surface area contributed by atoms with Crippen LogP contribution in [-0.4, -0.2) is 23.2 Å². The highest BCUT2D eigenvalue weighted by Crippen LogP contribution is 2.24. The first-order valence-corrected chi connectivity index (χ1v) is 5.37. The van der Waals surface area contributed by atoms with E-state index in [1.807, 2.05) is 6.92 Å². The van der Waals surface area contributed by atoms with Crippen molar-refractivity contribution in [3.63, 3.8) is 0 Å². The average Bonchev–Trinajstić information content (AvgIpc) is 2.79. The summed E-state index contributed by atoms with van der Waals surface area (Å²) >= 11 is 0. The van der Waals surface area contributed by atoms with E-state index in [4.69, 9.17) is 10.5 Å². The number of nitrogen functional groups attached to an aromatic ring is 1. The highest BCUT2D eigenvalue weighted by molar-refractivity contribution is 6.04. The minimum absolute atomic E-state index is 0.315. The Balaban J connectivity index is 2.21. The number of nitrogens with zero attached hydrogens (tertiary/aromatic N) is 1. The van der Waals surface area contributed by atoms with Gasteiger partial charge in [0.15, 0.2) is 5.69 Å². The molecular formula is C12H14N4O2. The van der Waals surface area contributed by atoms with E-state index in [2.05, 4.69) is 15.5 Å². The van der Waals surface area contributed by atoms with Gasteiger partial charge in [-0.15, -0.1) is 0 Å². The maximum absolute atomic E-state index is 11.9. The van der Waals surface area contributed by atoms with Crippen LogP contribution in [0.5, 0.6) is 5.75 Å². The van der Waals surface area contributed by atoms with Crippen LogP contribution in [0.3, 0.4) is 0 Å².